The molecule has 1 heterocycles. The van der Waals surface area contributed by atoms with Crippen LogP contribution in [0.25, 0.3) is 0 Å². The molecule has 1 N–H and O–H groups in total. The topological polar surface area (TPSA) is 69.3 Å². The van der Waals surface area contributed by atoms with Crippen molar-refractivity contribution in [2.24, 2.45) is 0 Å². The lowest BCUT2D eigenvalue weighted by molar-refractivity contribution is 0.181. The van der Waals surface area contributed by atoms with Gasteiger partial charge in [-0.1, -0.05) is 24.3 Å². The summed E-state index contributed by atoms with van der Waals surface area (Å²) in [5.41, 5.74) is 3.98. The van der Waals surface area contributed by atoms with Gasteiger partial charge in [-0.2, -0.15) is 0 Å². The summed E-state index contributed by atoms with van der Waals surface area (Å²) >= 11 is 0. The minimum absolute atomic E-state index is 0.142. The van der Waals surface area contributed by atoms with Gasteiger partial charge in [0.1, 0.15) is 0 Å². The molecule has 0 saturated carbocycles. The van der Waals surface area contributed by atoms with E-state index in [9.17, 15) is 4.79 Å². The molecule has 4 rings (SSSR count). The van der Waals surface area contributed by atoms with Crippen molar-refractivity contribution in [3.05, 3.63) is 77.4 Å². The molecule has 7 nitrogen and oxygen atoms in total. The Kier molecular flexibility index (Phi) is 7.11. The summed E-state index contributed by atoms with van der Waals surface area (Å²) < 4.78 is 22.0. The van der Waals surface area contributed by atoms with Crippen LogP contribution in [0.15, 0.2) is 60.7 Å². The van der Waals surface area contributed by atoms with Crippen LogP contribution in [0, 0.1) is 0 Å². The average molecular weight is 463 g/mol. The van der Waals surface area contributed by atoms with Crippen LogP contribution in [-0.4, -0.2) is 45.9 Å². The third-order valence-corrected chi connectivity index (χ3v) is 6.17. The van der Waals surface area contributed by atoms with Gasteiger partial charge >= 0.3 is 6.03 Å². The second-order valence-electron chi connectivity index (χ2n) is 8.05. The Hall–Kier alpha value is -3.87. The average Bonchev–Trinajstić information content (AvgIpc) is 2.88. The first-order chi connectivity index (χ1) is 16.6. The Morgan fingerprint density at radius 2 is 1.50 bits per heavy atom. The number of anilines is 1. The van der Waals surface area contributed by atoms with Crippen LogP contribution < -0.4 is 24.3 Å². The highest BCUT2D eigenvalue weighted by Gasteiger charge is 2.32. The number of fused-ring (bicyclic) bond motifs is 1. The summed E-state index contributed by atoms with van der Waals surface area (Å²) in [4.78, 5) is 15.3. The Morgan fingerprint density at radius 3 is 2.18 bits per heavy atom. The maximum Gasteiger partial charge on any atom is 0.322 e. The molecule has 0 saturated heterocycles. The predicted octanol–water partition coefficient (Wildman–Crippen LogP) is 5.10. The number of amides is 2. The van der Waals surface area contributed by atoms with Gasteiger partial charge in [-0.3, -0.25) is 0 Å². The molecule has 2 amide bonds. The van der Waals surface area contributed by atoms with Gasteiger partial charge in [0.05, 0.1) is 34.5 Å². The van der Waals surface area contributed by atoms with Crippen molar-refractivity contribution in [2.45, 2.75) is 18.9 Å². The van der Waals surface area contributed by atoms with E-state index in [0.29, 0.717) is 36.0 Å². The Bertz CT molecular complexity index is 1150. The van der Waals surface area contributed by atoms with Crippen LogP contribution in [0.2, 0.25) is 0 Å². The van der Waals surface area contributed by atoms with Gasteiger partial charge in [0.25, 0.3) is 0 Å². The van der Waals surface area contributed by atoms with Crippen LogP contribution in [0.4, 0.5) is 10.5 Å². The van der Waals surface area contributed by atoms with Crippen LogP contribution in [-0.2, 0) is 12.8 Å². The first-order valence-electron chi connectivity index (χ1n) is 11.2. The molecule has 1 aliphatic rings. The number of methoxy groups -OCH3 is 4. The number of carbonyl (C=O) groups is 1. The van der Waals surface area contributed by atoms with Gasteiger partial charge in [0, 0.05) is 12.2 Å². The molecule has 1 aliphatic heterocycles. The molecule has 3 aromatic rings. The lowest BCUT2D eigenvalue weighted by Gasteiger charge is -2.38. The number of para-hydroxylation sites is 1. The minimum atomic E-state index is -0.203. The van der Waals surface area contributed by atoms with Gasteiger partial charge in [-0.25, -0.2) is 4.79 Å². The van der Waals surface area contributed by atoms with Crippen molar-refractivity contribution in [3.63, 3.8) is 0 Å². The molecular weight excluding hydrogens is 432 g/mol. The molecule has 1 unspecified atom stereocenters. The molecule has 0 spiro atoms. The molecule has 0 aromatic heterocycles. The molecule has 0 fully saturated rings. The van der Waals surface area contributed by atoms with Gasteiger partial charge in [0.15, 0.2) is 23.0 Å². The number of nitrogens with one attached hydrogen (secondary N) is 1. The second-order valence-corrected chi connectivity index (χ2v) is 8.05. The smallest absolute Gasteiger partial charge is 0.322 e. The summed E-state index contributed by atoms with van der Waals surface area (Å²) in [6, 6.07) is 19.0. The summed E-state index contributed by atoms with van der Waals surface area (Å²) in [5.74, 6) is 2.65. The summed E-state index contributed by atoms with van der Waals surface area (Å²) in [5, 5.41) is 3.04. The summed E-state index contributed by atoms with van der Waals surface area (Å²) in [6.45, 7) is 0.582. The lowest BCUT2D eigenvalue weighted by Crippen LogP contribution is -2.43. The first-order valence-corrected chi connectivity index (χ1v) is 11.2. The maximum atomic E-state index is 13.4. The van der Waals surface area contributed by atoms with E-state index in [2.05, 4.69) is 5.32 Å². The molecule has 0 aliphatic carbocycles. The number of rotatable bonds is 7. The Morgan fingerprint density at radius 1 is 0.853 bits per heavy atom. The zero-order valence-electron chi connectivity index (χ0n) is 20.0. The highest BCUT2D eigenvalue weighted by Crippen LogP contribution is 2.40. The molecular formula is C27H30N2O5. The van der Waals surface area contributed by atoms with E-state index in [1.54, 1.807) is 28.4 Å². The monoisotopic (exact) mass is 462 g/mol. The zero-order chi connectivity index (χ0) is 24.1. The normalized spacial score (nSPS) is 14.7. The summed E-state index contributed by atoms with van der Waals surface area (Å²) in [6.07, 6.45) is 1.32. The third-order valence-electron chi connectivity index (χ3n) is 6.17. The van der Waals surface area contributed by atoms with Crippen molar-refractivity contribution in [3.8, 4) is 23.0 Å². The van der Waals surface area contributed by atoms with Crippen LogP contribution in [0.5, 0.6) is 23.0 Å². The molecule has 7 heteroatoms. The van der Waals surface area contributed by atoms with Crippen molar-refractivity contribution in [2.75, 3.05) is 40.3 Å². The standard InChI is InChI=1S/C27H30N2O5/c1-31-23-11-10-18(15-24(23)32-2)14-22-21-17-26(34-4)25(33-3)16-19(21)12-13-29(22)27(30)28-20-8-6-5-7-9-20/h5-11,15-17,22H,12-14H2,1-4H3,(H,28,30). The predicted molar refractivity (Wildman–Crippen MR) is 131 cm³/mol. The first kappa shape index (κ1) is 23.3. The van der Waals surface area contributed by atoms with E-state index in [0.717, 1.165) is 28.8 Å². The number of urea groups is 1. The molecule has 3 aromatic carbocycles. The van der Waals surface area contributed by atoms with E-state index in [-0.39, 0.29) is 12.1 Å². The maximum absolute atomic E-state index is 13.4. The lowest BCUT2D eigenvalue weighted by atomic mass is 9.88. The summed E-state index contributed by atoms with van der Waals surface area (Å²) in [7, 11) is 6.49. The van der Waals surface area contributed by atoms with Gasteiger partial charge < -0.3 is 29.2 Å². The fourth-order valence-electron chi connectivity index (χ4n) is 4.44. The SMILES string of the molecule is COc1ccc(CC2c3cc(OC)c(OC)cc3CCN2C(=O)Nc2ccccc2)cc1OC. The van der Waals surface area contributed by atoms with Crippen LogP contribution in [0.1, 0.15) is 22.7 Å². The fourth-order valence-corrected chi connectivity index (χ4v) is 4.44. The van der Waals surface area contributed by atoms with Crippen molar-refractivity contribution in [1.29, 1.82) is 0 Å². The van der Waals surface area contributed by atoms with E-state index in [1.165, 1.54) is 0 Å². The van der Waals surface area contributed by atoms with Crippen molar-refractivity contribution < 1.29 is 23.7 Å². The molecule has 178 valence electrons. The number of benzene rings is 3. The third kappa shape index (κ3) is 4.73. The highest BCUT2D eigenvalue weighted by atomic mass is 16.5. The van der Waals surface area contributed by atoms with Gasteiger partial charge in [-0.15, -0.1) is 0 Å². The number of hydrogen-bond acceptors (Lipinski definition) is 5. The van der Waals surface area contributed by atoms with Gasteiger partial charge in [-0.05, 0) is 65.9 Å². The molecule has 0 bridgehead atoms. The largest absolute Gasteiger partial charge is 0.493 e. The van der Waals surface area contributed by atoms with E-state index in [4.69, 9.17) is 18.9 Å². The number of carbonyl (C=O) groups excluding carboxylic acids is 1. The number of hydrogen-bond donors (Lipinski definition) is 1. The second kappa shape index (κ2) is 10.4. The number of nitrogens with zero attached hydrogens (tertiary/aromatic N) is 1. The Balaban J connectivity index is 1.72. The van der Waals surface area contributed by atoms with Crippen LogP contribution in [0.3, 0.4) is 0 Å². The van der Waals surface area contributed by atoms with E-state index in [1.807, 2.05) is 65.6 Å². The minimum Gasteiger partial charge on any atom is -0.493 e. The molecule has 34 heavy (non-hydrogen) atoms. The number of ether oxygens (including phenoxy) is 4. The fraction of sp³-hybridized carbons (Fsp3) is 0.296. The van der Waals surface area contributed by atoms with Crippen molar-refractivity contribution >= 4 is 11.7 Å². The highest BCUT2D eigenvalue weighted by molar-refractivity contribution is 5.90. The molecule has 0 radical (unpaired) electrons. The van der Waals surface area contributed by atoms with E-state index >= 15 is 0 Å². The van der Waals surface area contributed by atoms with Gasteiger partial charge in [0.2, 0.25) is 0 Å². The zero-order valence-corrected chi connectivity index (χ0v) is 20.0. The molecule has 1 atom stereocenters. The Labute approximate surface area is 200 Å². The quantitative estimate of drug-likeness (QED) is 0.529. The van der Waals surface area contributed by atoms with Crippen molar-refractivity contribution in [1.82, 2.24) is 4.90 Å². The van der Waals surface area contributed by atoms with Crippen LogP contribution >= 0.6 is 0 Å². The van der Waals surface area contributed by atoms with E-state index < -0.39 is 0 Å².